The van der Waals surface area contributed by atoms with Crippen LogP contribution in [-0.4, -0.2) is 43.2 Å². The maximum atomic E-state index is 13.9. The Morgan fingerprint density at radius 2 is 2.17 bits per heavy atom. The average Bonchev–Trinajstić information content (AvgIpc) is 2.95. The minimum absolute atomic E-state index is 0.0830. The fraction of sp³-hybridized carbons (Fsp3) is 0.286. The summed E-state index contributed by atoms with van der Waals surface area (Å²) >= 11 is 6.04. The number of benzene rings is 1. The lowest BCUT2D eigenvalue weighted by molar-refractivity contribution is 0.292. The van der Waals surface area contributed by atoms with Crippen molar-refractivity contribution in [2.75, 3.05) is 18.5 Å². The van der Waals surface area contributed by atoms with Gasteiger partial charge in [-0.1, -0.05) is 22.9 Å². The van der Waals surface area contributed by atoms with E-state index in [1.165, 1.54) is 17.1 Å². The zero-order valence-corrected chi connectivity index (χ0v) is 12.8. The molecule has 120 valence electrons. The molecule has 0 radical (unpaired) electrons. The molecule has 0 atom stereocenters. The highest BCUT2D eigenvalue weighted by molar-refractivity contribution is 6.31. The van der Waals surface area contributed by atoms with Gasteiger partial charge in [-0.25, -0.2) is 19.0 Å². The number of halogens is 2. The summed E-state index contributed by atoms with van der Waals surface area (Å²) in [6, 6.07) is 4.51. The lowest BCUT2D eigenvalue weighted by Gasteiger charge is -2.07. The first-order valence-electron chi connectivity index (χ1n) is 7.02. The topological polar surface area (TPSA) is 88.8 Å². The Morgan fingerprint density at radius 1 is 1.30 bits per heavy atom. The highest BCUT2D eigenvalue weighted by Crippen LogP contribution is 2.22. The second-order valence-corrected chi connectivity index (χ2v) is 5.25. The van der Waals surface area contributed by atoms with Crippen LogP contribution in [0.25, 0.3) is 11.2 Å². The first kappa shape index (κ1) is 15.6. The predicted molar refractivity (Wildman–Crippen MR) is 83.8 cm³/mol. The van der Waals surface area contributed by atoms with Crippen LogP contribution in [0.2, 0.25) is 5.02 Å². The molecular weight excluding hydrogens is 323 g/mol. The lowest BCUT2D eigenvalue weighted by atomic mass is 10.2. The number of nitrogens with zero attached hydrogens (tertiary/aromatic N) is 5. The van der Waals surface area contributed by atoms with Crippen molar-refractivity contribution < 1.29 is 9.50 Å². The van der Waals surface area contributed by atoms with E-state index in [1.807, 2.05) is 0 Å². The summed E-state index contributed by atoms with van der Waals surface area (Å²) in [5.41, 5.74) is 1.29. The van der Waals surface area contributed by atoms with E-state index in [9.17, 15) is 4.39 Å². The van der Waals surface area contributed by atoms with E-state index < -0.39 is 5.82 Å². The highest BCUT2D eigenvalue weighted by atomic mass is 35.5. The van der Waals surface area contributed by atoms with Gasteiger partial charge in [-0.05, 0) is 18.6 Å². The zero-order chi connectivity index (χ0) is 16.2. The van der Waals surface area contributed by atoms with E-state index in [0.29, 0.717) is 40.5 Å². The van der Waals surface area contributed by atoms with E-state index in [2.05, 4.69) is 25.6 Å². The van der Waals surface area contributed by atoms with Gasteiger partial charge in [0.25, 0.3) is 0 Å². The number of aromatic nitrogens is 5. The Hall–Kier alpha value is -2.32. The van der Waals surface area contributed by atoms with Gasteiger partial charge >= 0.3 is 0 Å². The molecule has 0 aliphatic carbocycles. The molecule has 0 aliphatic rings. The number of anilines is 1. The van der Waals surface area contributed by atoms with Crippen molar-refractivity contribution in [2.24, 2.45) is 0 Å². The first-order valence-corrected chi connectivity index (χ1v) is 7.40. The Kier molecular flexibility index (Phi) is 4.63. The third-order valence-electron chi connectivity index (χ3n) is 3.30. The Morgan fingerprint density at radius 3 is 2.96 bits per heavy atom. The van der Waals surface area contributed by atoms with Crippen LogP contribution >= 0.6 is 11.6 Å². The van der Waals surface area contributed by atoms with E-state index in [4.69, 9.17) is 16.7 Å². The molecule has 3 aromatic rings. The van der Waals surface area contributed by atoms with Crippen LogP contribution in [-0.2, 0) is 6.54 Å². The van der Waals surface area contributed by atoms with Crippen LogP contribution in [0.3, 0.4) is 0 Å². The maximum absolute atomic E-state index is 13.9. The molecule has 0 aliphatic heterocycles. The summed E-state index contributed by atoms with van der Waals surface area (Å²) in [6.07, 6.45) is 1.97. The molecule has 0 unspecified atom stereocenters. The molecule has 3 rings (SSSR count). The molecule has 7 nitrogen and oxygen atoms in total. The van der Waals surface area contributed by atoms with Gasteiger partial charge in [-0.3, -0.25) is 0 Å². The molecule has 0 amide bonds. The van der Waals surface area contributed by atoms with Crippen LogP contribution < -0.4 is 5.32 Å². The molecular formula is C14H14ClFN6O. The molecule has 23 heavy (non-hydrogen) atoms. The SMILES string of the molecule is OCCCNc1ncnc2c1nnn2Cc1c(F)cccc1Cl. The second-order valence-electron chi connectivity index (χ2n) is 4.85. The average molecular weight is 337 g/mol. The quantitative estimate of drug-likeness (QED) is 0.668. The number of aliphatic hydroxyl groups excluding tert-OH is 1. The number of hydrogen-bond donors (Lipinski definition) is 2. The van der Waals surface area contributed by atoms with E-state index >= 15 is 0 Å². The van der Waals surface area contributed by atoms with Gasteiger partial charge in [0.05, 0.1) is 6.54 Å². The monoisotopic (exact) mass is 336 g/mol. The van der Waals surface area contributed by atoms with Gasteiger partial charge in [-0.2, -0.15) is 0 Å². The largest absolute Gasteiger partial charge is 0.396 e. The van der Waals surface area contributed by atoms with Gasteiger partial charge < -0.3 is 10.4 Å². The summed E-state index contributed by atoms with van der Waals surface area (Å²) in [7, 11) is 0. The van der Waals surface area contributed by atoms with E-state index in [0.717, 1.165) is 0 Å². The van der Waals surface area contributed by atoms with Crippen LogP contribution in [0.5, 0.6) is 0 Å². The minimum Gasteiger partial charge on any atom is -0.396 e. The highest BCUT2D eigenvalue weighted by Gasteiger charge is 2.14. The molecule has 2 aromatic heterocycles. The van der Waals surface area contributed by atoms with Crippen molar-refractivity contribution in [2.45, 2.75) is 13.0 Å². The molecule has 0 fully saturated rings. The van der Waals surface area contributed by atoms with Gasteiger partial charge in [0.1, 0.15) is 12.1 Å². The zero-order valence-electron chi connectivity index (χ0n) is 12.1. The molecule has 9 heteroatoms. The summed E-state index contributed by atoms with van der Waals surface area (Å²) in [4.78, 5) is 8.27. The minimum atomic E-state index is -0.406. The van der Waals surface area contributed by atoms with Crippen molar-refractivity contribution in [3.8, 4) is 0 Å². The van der Waals surface area contributed by atoms with E-state index in [-0.39, 0.29) is 13.2 Å². The van der Waals surface area contributed by atoms with Crippen LogP contribution in [0.1, 0.15) is 12.0 Å². The van der Waals surface area contributed by atoms with Gasteiger partial charge in [-0.15, -0.1) is 5.10 Å². The maximum Gasteiger partial charge on any atom is 0.184 e. The Labute approximate surface area is 136 Å². The molecule has 1 aromatic carbocycles. The van der Waals surface area contributed by atoms with Crippen molar-refractivity contribution >= 4 is 28.6 Å². The summed E-state index contributed by atoms with van der Waals surface area (Å²) in [5, 5.41) is 20.3. The Balaban J connectivity index is 1.92. The van der Waals surface area contributed by atoms with Crippen LogP contribution in [0.4, 0.5) is 10.2 Å². The fourth-order valence-electron chi connectivity index (χ4n) is 2.15. The normalized spacial score (nSPS) is 11.1. The van der Waals surface area contributed by atoms with Crippen molar-refractivity contribution in [3.05, 3.63) is 40.9 Å². The third kappa shape index (κ3) is 3.22. The third-order valence-corrected chi connectivity index (χ3v) is 3.65. The molecule has 0 saturated heterocycles. The first-order chi connectivity index (χ1) is 11.2. The Bertz CT molecular complexity index is 804. The number of hydrogen-bond acceptors (Lipinski definition) is 6. The molecule has 0 spiro atoms. The lowest BCUT2D eigenvalue weighted by Crippen LogP contribution is -2.07. The smallest absolute Gasteiger partial charge is 0.184 e. The number of fused-ring (bicyclic) bond motifs is 1. The van der Waals surface area contributed by atoms with Gasteiger partial charge in [0.2, 0.25) is 0 Å². The molecule has 2 heterocycles. The standard InChI is InChI=1S/C14H14ClFN6O/c15-10-3-1-4-11(16)9(10)7-22-14-12(20-21-22)13(18-8-19-14)17-5-2-6-23/h1,3-4,8,23H,2,5-7H2,(H,17,18,19). The summed E-state index contributed by atoms with van der Waals surface area (Å²) in [5.74, 6) is 0.117. The van der Waals surface area contributed by atoms with Crippen molar-refractivity contribution in [1.82, 2.24) is 25.0 Å². The van der Waals surface area contributed by atoms with Crippen molar-refractivity contribution in [3.63, 3.8) is 0 Å². The molecule has 0 saturated carbocycles. The number of aliphatic hydroxyl groups is 1. The van der Waals surface area contributed by atoms with Crippen LogP contribution in [0.15, 0.2) is 24.5 Å². The van der Waals surface area contributed by atoms with Crippen LogP contribution in [0, 0.1) is 5.82 Å². The summed E-state index contributed by atoms with van der Waals surface area (Å²) in [6.45, 7) is 0.753. The molecule has 2 N–H and O–H groups in total. The van der Waals surface area contributed by atoms with Gasteiger partial charge in [0, 0.05) is 23.7 Å². The van der Waals surface area contributed by atoms with E-state index in [1.54, 1.807) is 12.1 Å². The number of nitrogens with one attached hydrogen (secondary N) is 1. The predicted octanol–water partition coefficient (Wildman–Crippen LogP) is 1.86. The summed E-state index contributed by atoms with van der Waals surface area (Å²) < 4.78 is 15.4. The molecule has 0 bridgehead atoms. The van der Waals surface area contributed by atoms with Gasteiger partial charge in [0.15, 0.2) is 17.0 Å². The number of rotatable bonds is 6. The second kappa shape index (κ2) is 6.84. The fourth-order valence-corrected chi connectivity index (χ4v) is 2.37. The van der Waals surface area contributed by atoms with Crippen molar-refractivity contribution in [1.29, 1.82) is 0 Å².